The number of piperidine rings is 1. The summed E-state index contributed by atoms with van der Waals surface area (Å²) in [4.78, 5) is 13.2. The van der Waals surface area contributed by atoms with Gasteiger partial charge < -0.3 is 9.84 Å². The number of ether oxygens (including phenoxy) is 1. The van der Waals surface area contributed by atoms with Crippen LogP contribution in [0.4, 0.5) is 0 Å². The molecule has 21 heavy (non-hydrogen) atoms. The third-order valence-electron chi connectivity index (χ3n) is 4.02. The first kappa shape index (κ1) is 16.1. The van der Waals surface area contributed by atoms with E-state index in [0.29, 0.717) is 6.61 Å². The molecule has 1 fully saturated rings. The van der Waals surface area contributed by atoms with Crippen LogP contribution in [0.25, 0.3) is 0 Å². The van der Waals surface area contributed by atoms with Crippen molar-refractivity contribution >= 4 is 17.6 Å². The summed E-state index contributed by atoms with van der Waals surface area (Å²) in [5.41, 5.74) is 2.04. The van der Waals surface area contributed by atoms with Gasteiger partial charge in [-0.15, -0.1) is 0 Å². The molecule has 0 saturated carbocycles. The second-order valence-corrected chi connectivity index (χ2v) is 6.05. The van der Waals surface area contributed by atoms with Crippen molar-refractivity contribution in [2.75, 3.05) is 26.2 Å². The van der Waals surface area contributed by atoms with Crippen LogP contribution in [0.15, 0.2) is 12.1 Å². The van der Waals surface area contributed by atoms with E-state index in [4.69, 9.17) is 21.4 Å². The lowest BCUT2D eigenvalue weighted by Gasteiger charge is -2.29. The van der Waals surface area contributed by atoms with Crippen LogP contribution in [0, 0.1) is 19.8 Å². The van der Waals surface area contributed by atoms with Crippen molar-refractivity contribution in [3.63, 3.8) is 0 Å². The Hall–Kier alpha value is -1.26. The molecule has 1 aliphatic heterocycles. The van der Waals surface area contributed by atoms with Crippen molar-refractivity contribution in [1.29, 1.82) is 0 Å². The van der Waals surface area contributed by atoms with E-state index >= 15 is 0 Å². The monoisotopic (exact) mass is 311 g/mol. The minimum Gasteiger partial charge on any atom is -0.492 e. The number of aliphatic carboxylic acids is 1. The number of carboxylic acid groups (broad SMARTS) is 1. The molecule has 4 nitrogen and oxygen atoms in total. The molecular formula is C16H22ClNO3. The second-order valence-electron chi connectivity index (χ2n) is 5.67. The Bertz CT molecular complexity index is 487. The number of benzene rings is 1. The van der Waals surface area contributed by atoms with E-state index in [0.717, 1.165) is 54.4 Å². The lowest BCUT2D eigenvalue weighted by Crippen LogP contribution is -2.38. The first-order chi connectivity index (χ1) is 9.97. The molecule has 0 unspecified atom stereocenters. The summed E-state index contributed by atoms with van der Waals surface area (Å²) in [5.74, 6) is -0.00318. The van der Waals surface area contributed by atoms with Crippen LogP contribution < -0.4 is 4.74 Å². The van der Waals surface area contributed by atoms with Gasteiger partial charge >= 0.3 is 5.97 Å². The van der Waals surface area contributed by atoms with Crippen LogP contribution in [0.3, 0.4) is 0 Å². The summed E-state index contributed by atoms with van der Waals surface area (Å²) >= 11 is 6.13. The van der Waals surface area contributed by atoms with Gasteiger partial charge in [-0.1, -0.05) is 11.6 Å². The molecule has 0 aliphatic carbocycles. The normalized spacial score (nSPS) is 16.9. The lowest BCUT2D eigenvalue weighted by molar-refractivity contribution is -0.143. The number of aryl methyl sites for hydroxylation is 2. The molecule has 0 atom stereocenters. The molecule has 1 aromatic carbocycles. The molecule has 1 aromatic rings. The fourth-order valence-electron chi connectivity index (χ4n) is 2.69. The van der Waals surface area contributed by atoms with Gasteiger partial charge in [-0.3, -0.25) is 9.69 Å². The summed E-state index contributed by atoms with van der Waals surface area (Å²) in [6.07, 6.45) is 1.46. The molecule has 0 amide bonds. The van der Waals surface area contributed by atoms with Crippen molar-refractivity contribution in [1.82, 2.24) is 4.90 Å². The molecule has 0 spiro atoms. The van der Waals surface area contributed by atoms with E-state index in [1.165, 1.54) is 0 Å². The average molecular weight is 312 g/mol. The summed E-state index contributed by atoms with van der Waals surface area (Å²) in [6.45, 7) is 7.04. The fraction of sp³-hybridized carbons (Fsp3) is 0.562. The van der Waals surface area contributed by atoms with Gasteiger partial charge in [0.2, 0.25) is 0 Å². The third kappa shape index (κ3) is 4.35. The molecule has 0 aromatic heterocycles. The van der Waals surface area contributed by atoms with E-state index in [2.05, 4.69) is 4.90 Å². The summed E-state index contributed by atoms with van der Waals surface area (Å²) in [6, 6.07) is 3.90. The Morgan fingerprint density at radius 2 is 1.90 bits per heavy atom. The van der Waals surface area contributed by atoms with E-state index in [1.807, 2.05) is 26.0 Å². The Balaban J connectivity index is 1.77. The van der Waals surface area contributed by atoms with Crippen LogP contribution >= 0.6 is 11.6 Å². The zero-order valence-corrected chi connectivity index (χ0v) is 13.3. The van der Waals surface area contributed by atoms with Gasteiger partial charge in [-0.25, -0.2) is 0 Å². The maximum absolute atomic E-state index is 10.9. The third-order valence-corrected chi connectivity index (χ3v) is 4.62. The lowest BCUT2D eigenvalue weighted by atomic mass is 9.97. The molecule has 1 N–H and O–H groups in total. The largest absolute Gasteiger partial charge is 0.492 e. The van der Waals surface area contributed by atoms with Gasteiger partial charge in [-0.05, 0) is 63.0 Å². The molecule has 1 heterocycles. The van der Waals surface area contributed by atoms with Crippen LogP contribution in [-0.2, 0) is 4.79 Å². The van der Waals surface area contributed by atoms with Crippen LogP contribution in [0.5, 0.6) is 5.75 Å². The van der Waals surface area contributed by atoms with Gasteiger partial charge in [0.1, 0.15) is 12.4 Å². The summed E-state index contributed by atoms with van der Waals surface area (Å²) in [5, 5.41) is 9.76. The van der Waals surface area contributed by atoms with Gasteiger partial charge in [0.15, 0.2) is 0 Å². The molecule has 1 saturated heterocycles. The standard InChI is InChI=1S/C16H22ClNO3/c1-11-9-14(10-12(2)15(11)17)21-8-7-18-5-3-13(4-6-18)16(19)20/h9-10,13H,3-8H2,1-2H3,(H,19,20). The van der Waals surface area contributed by atoms with Crippen molar-refractivity contribution in [3.05, 3.63) is 28.3 Å². The number of hydrogen-bond donors (Lipinski definition) is 1. The molecule has 0 bridgehead atoms. The van der Waals surface area contributed by atoms with Crippen molar-refractivity contribution in [2.45, 2.75) is 26.7 Å². The number of hydrogen-bond acceptors (Lipinski definition) is 3. The van der Waals surface area contributed by atoms with E-state index in [1.54, 1.807) is 0 Å². The Labute approximate surface area is 130 Å². The van der Waals surface area contributed by atoms with Crippen molar-refractivity contribution < 1.29 is 14.6 Å². The van der Waals surface area contributed by atoms with Crippen molar-refractivity contribution in [2.24, 2.45) is 5.92 Å². The molecule has 0 radical (unpaired) electrons. The average Bonchev–Trinajstić information content (AvgIpc) is 2.45. The second kappa shape index (κ2) is 7.14. The summed E-state index contributed by atoms with van der Waals surface area (Å²) < 4.78 is 5.78. The van der Waals surface area contributed by atoms with Crippen LogP contribution in [0.1, 0.15) is 24.0 Å². The number of carboxylic acids is 1. The maximum atomic E-state index is 10.9. The van der Waals surface area contributed by atoms with Crippen molar-refractivity contribution in [3.8, 4) is 5.75 Å². The molecular weight excluding hydrogens is 290 g/mol. The van der Waals surface area contributed by atoms with Gasteiger partial charge in [-0.2, -0.15) is 0 Å². The number of halogens is 1. The SMILES string of the molecule is Cc1cc(OCCN2CCC(C(=O)O)CC2)cc(C)c1Cl. The fourth-order valence-corrected chi connectivity index (χ4v) is 2.79. The predicted molar refractivity (Wildman–Crippen MR) is 83.2 cm³/mol. The van der Waals surface area contributed by atoms with E-state index in [-0.39, 0.29) is 5.92 Å². The first-order valence-corrected chi connectivity index (χ1v) is 7.70. The highest BCUT2D eigenvalue weighted by Gasteiger charge is 2.24. The Morgan fingerprint density at radius 1 is 1.33 bits per heavy atom. The number of rotatable bonds is 5. The smallest absolute Gasteiger partial charge is 0.306 e. The molecule has 1 aliphatic rings. The van der Waals surface area contributed by atoms with E-state index in [9.17, 15) is 4.79 Å². The summed E-state index contributed by atoms with van der Waals surface area (Å²) in [7, 11) is 0. The van der Waals surface area contributed by atoms with Gasteiger partial charge in [0, 0.05) is 11.6 Å². The van der Waals surface area contributed by atoms with E-state index < -0.39 is 5.97 Å². The highest BCUT2D eigenvalue weighted by molar-refractivity contribution is 6.32. The zero-order valence-electron chi connectivity index (χ0n) is 12.6. The Morgan fingerprint density at radius 3 is 2.43 bits per heavy atom. The van der Waals surface area contributed by atoms with Gasteiger partial charge in [0.05, 0.1) is 5.92 Å². The number of carbonyl (C=O) groups is 1. The van der Waals surface area contributed by atoms with Gasteiger partial charge in [0.25, 0.3) is 0 Å². The van der Waals surface area contributed by atoms with Crippen LogP contribution in [-0.4, -0.2) is 42.2 Å². The van der Waals surface area contributed by atoms with Crippen LogP contribution in [0.2, 0.25) is 5.02 Å². The quantitative estimate of drug-likeness (QED) is 0.907. The Kier molecular flexibility index (Phi) is 5.48. The molecule has 2 rings (SSSR count). The number of likely N-dealkylation sites (tertiary alicyclic amines) is 1. The molecule has 116 valence electrons. The maximum Gasteiger partial charge on any atom is 0.306 e. The topological polar surface area (TPSA) is 49.8 Å². The number of nitrogens with zero attached hydrogens (tertiary/aromatic N) is 1. The molecule has 5 heteroatoms. The minimum absolute atomic E-state index is 0.177. The highest BCUT2D eigenvalue weighted by atomic mass is 35.5. The zero-order chi connectivity index (χ0) is 15.4. The first-order valence-electron chi connectivity index (χ1n) is 7.32. The highest BCUT2D eigenvalue weighted by Crippen LogP contribution is 2.26. The minimum atomic E-state index is -0.669. The predicted octanol–water partition coefficient (Wildman–Crippen LogP) is 3.13.